The summed E-state index contributed by atoms with van der Waals surface area (Å²) in [5, 5.41) is 2.93. The Morgan fingerprint density at radius 1 is 1.30 bits per heavy atom. The van der Waals surface area contributed by atoms with Crippen molar-refractivity contribution in [2.45, 2.75) is 44.8 Å². The van der Waals surface area contributed by atoms with Crippen molar-refractivity contribution in [2.24, 2.45) is 0 Å². The summed E-state index contributed by atoms with van der Waals surface area (Å²) in [6, 6.07) is 6.99. The van der Waals surface area contributed by atoms with Crippen LogP contribution in [0, 0.1) is 0 Å². The van der Waals surface area contributed by atoms with E-state index in [0.29, 0.717) is 22.7 Å². The number of carbonyl (C=O) groups excluding carboxylic acids is 1. The predicted octanol–water partition coefficient (Wildman–Crippen LogP) is 2.93. The van der Waals surface area contributed by atoms with Crippen molar-refractivity contribution in [1.82, 2.24) is 19.5 Å². The molecule has 140 valence electrons. The first-order valence-corrected chi connectivity index (χ1v) is 9.12. The molecule has 0 radical (unpaired) electrons. The quantitative estimate of drug-likeness (QED) is 0.719. The number of anilines is 2. The molecule has 8 heteroatoms. The summed E-state index contributed by atoms with van der Waals surface area (Å²) in [4.78, 5) is 25.0. The largest absolute Gasteiger partial charge is 0.490 e. The van der Waals surface area contributed by atoms with Crippen LogP contribution in [0.4, 0.5) is 11.5 Å². The number of amides is 1. The molecule has 1 unspecified atom stereocenters. The molecular weight excluding hydrogens is 344 g/mol. The number of rotatable bonds is 5. The summed E-state index contributed by atoms with van der Waals surface area (Å²) in [7, 11) is 0. The first-order chi connectivity index (χ1) is 13.1. The Balaban J connectivity index is 1.48. The van der Waals surface area contributed by atoms with Crippen LogP contribution < -0.4 is 15.8 Å². The van der Waals surface area contributed by atoms with E-state index in [9.17, 15) is 4.79 Å². The Kier molecular flexibility index (Phi) is 4.62. The maximum absolute atomic E-state index is 12.7. The Labute approximate surface area is 156 Å². The third kappa shape index (κ3) is 3.55. The van der Waals surface area contributed by atoms with Gasteiger partial charge in [0, 0.05) is 11.8 Å². The van der Waals surface area contributed by atoms with E-state index in [2.05, 4.69) is 20.3 Å². The Bertz CT molecular complexity index is 964. The number of benzene rings is 1. The first-order valence-electron chi connectivity index (χ1n) is 9.12. The summed E-state index contributed by atoms with van der Waals surface area (Å²) in [6.07, 6.45) is 7.80. The summed E-state index contributed by atoms with van der Waals surface area (Å²) in [5.74, 6) is 0.897. The number of hydrogen-bond donors (Lipinski definition) is 2. The van der Waals surface area contributed by atoms with Crippen LogP contribution in [-0.2, 0) is 4.79 Å². The smallest absolute Gasteiger partial charge is 0.247 e. The Morgan fingerprint density at radius 2 is 2.11 bits per heavy atom. The summed E-state index contributed by atoms with van der Waals surface area (Å²) in [6.45, 7) is 1.79. The third-order valence-electron chi connectivity index (χ3n) is 4.89. The second-order valence-corrected chi connectivity index (χ2v) is 6.80. The van der Waals surface area contributed by atoms with E-state index in [4.69, 9.17) is 10.5 Å². The van der Waals surface area contributed by atoms with Gasteiger partial charge in [0.1, 0.15) is 23.6 Å². The molecule has 27 heavy (non-hydrogen) atoms. The fraction of sp³-hybridized carbons (Fsp3) is 0.368. The van der Waals surface area contributed by atoms with Gasteiger partial charge in [0.05, 0.1) is 12.4 Å². The summed E-state index contributed by atoms with van der Waals surface area (Å²) in [5.41, 5.74) is 7.53. The van der Waals surface area contributed by atoms with E-state index in [0.717, 1.165) is 18.6 Å². The SMILES string of the molecule is CC(C(=O)Nc1cccc(OC2CCCC2)c1)n1cnc2c(N)ncnc21. The lowest BCUT2D eigenvalue weighted by molar-refractivity contribution is -0.118. The molecule has 4 rings (SSSR count). The average molecular weight is 366 g/mol. The van der Waals surface area contributed by atoms with E-state index >= 15 is 0 Å². The molecule has 1 fully saturated rings. The van der Waals surface area contributed by atoms with E-state index in [-0.39, 0.29) is 12.0 Å². The van der Waals surface area contributed by atoms with Gasteiger partial charge in [0.15, 0.2) is 11.5 Å². The predicted molar refractivity (Wildman–Crippen MR) is 102 cm³/mol. The van der Waals surface area contributed by atoms with Gasteiger partial charge in [-0.1, -0.05) is 6.07 Å². The van der Waals surface area contributed by atoms with E-state index in [1.165, 1.54) is 19.2 Å². The normalized spacial score (nSPS) is 15.7. The van der Waals surface area contributed by atoms with Gasteiger partial charge in [-0.25, -0.2) is 15.0 Å². The van der Waals surface area contributed by atoms with Gasteiger partial charge in [-0.3, -0.25) is 4.79 Å². The lowest BCUT2D eigenvalue weighted by Crippen LogP contribution is -2.23. The zero-order chi connectivity index (χ0) is 18.8. The molecular formula is C19H22N6O2. The highest BCUT2D eigenvalue weighted by atomic mass is 16.5. The molecule has 1 amide bonds. The maximum Gasteiger partial charge on any atom is 0.247 e. The molecule has 0 bridgehead atoms. The molecule has 1 aromatic carbocycles. The highest BCUT2D eigenvalue weighted by molar-refractivity contribution is 5.94. The average Bonchev–Trinajstić information content (AvgIpc) is 3.32. The van der Waals surface area contributed by atoms with E-state index in [1.807, 2.05) is 24.3 Å². The monoisotopic (exact) mass is 366 g/mol. The molecule has 3 N–H and O–H groups in total. The van der Waals surface area contributed by atoms with Crippen LogP contribution in [0.2, 0.25) is 0 Å². The molecule has 0 saturated heterocycles. The second kappa shape index (κ2) is 7.22. The number of nitrogen functional groups attached to an aromatic ring is 1. The number of ether oxygens (including phenoxy) is 1. The van der Waals surface area contributed by atoms with Gasteiger partial charge in [-0.05, 0) is 44.7 Å². The molecule has 1 aliphatic carbocycles. The van der Waals surface area contributed by atoms with Crippen LogP contribution >= 0.6 is 0 Å². The lowest BCUT2D eigenvalue weighted by Gasteiger charge is -2.16. The molecule has 2 aromatic heterocycles. The standard InChI is InChI=1S/C19H22N6O2/c1-12(25-11-23-16-17(20)21-10-22-18(16)25)19(26)24-13-5-4-8-15(9-13)27-14-6-2-3-7-14/h4-5,8-12,14H,2-3,6-7H2,1H3,(H,24,26)(H2,20,21,22). The highest BCUT2D eigenvalue weighted by Crippen LogP contribution is 2.26. The number of imidazole rings is 1. The number of aromatic nitrogens is 4. The zero-order valence-electron chi connectivity index (χ0n) is 15.1. The maximum atomic E-state index is 12.7. The molecule has 1 aliphatic rings. The van der Waals surface area contributed by atoms with Crippen molar-refractivity contribution >= 4 is 28.6 Å². The molecule has 3 aromatic rings. The van der Waals surface area contributed by atoms with Crippen molar-refractivity contribution in [3.05, 3.63) is 36.9 Å². The Hall–Kier alpha value is -3.16. The van der Waals surface area contributed by atoms with E-state index in [1.54, 1.807) is 17.8 Å². The minimum atomic E-state index is -0.510. The highest BCUT2D eigenvalue weighted by Gasteiger charge is 2.20. The molecule has 8 nitrogen and oxygen atoms in total. The number of nitrogens with one attached hydrogen (secondary N) is 1. The van der Waals surface area contributed by atoms with Crippen molar-refractivity contribution < 1.29 is 9.53 Å². The van der Waals surface area contributed by atoms with Gasteiger partial charge in [0.25, 0.3) is 0 Å². The number of nitrogens with zero attached hydrogens (tertiary/aromatic N) is 4. The van der Waals surface area contributed by atoms with Crippen LogP contribution in [0.3, 0.4) is 0 Å². The van der Waals surface area contributed by atoms with E-state index < -0.39 is 6.04 Å². The molecule has 0 aliphatic heterocycles. The number of hydrogen-bond acceptors (Lipinski definition) is 6. The van der Waals surface area contributed by atoms with Crippen molar-refractivity contribution in [3.63, 3.8) is 0 Å². The van der Waals surface area contributed by atoms with Crippen LogP contribution in [0.1, 0.15) is 38.6 Å². The third-order valence-corrected chi connectivity index (χ3v) is 4.89. The summed E-state index contributed by atoms with van der Waals surface area (Å²) >= 11 is 0. The lowest BCUT2D eigenvalue weighted by atomic mass is 10.2. The van der Waals surface area contributed by atoms with Crippen molar-refractivity contribution in [1.29, 1.82) is 0 Å². The minimum Gasteiger partial charge on any atom is -0.490 e. The van der Waals surface area contributed by atoms with Gasteiger partial charge in [0.2, 0.25) is 5.91 Å². The fourth-order valence-corrected chi connectivity index (χ4v) is 3.37. The molecule has 2 heterocycles. The fourth-order valence-electron chi connectivity index (χ4n) is 3.37. The molecule has 0 spiro atoms. The summed E-state index contributed by atoms with van der Waals surface area (Å²) < 4.78 is 7.69. The van der Waals surface area contributed by atoms with Crippen molar-refractivity contribution in [2.75, 3.05) is 11.1 Å². The van der Waals surface area contributed by atoms with Gasteiger partial charge >= 0.3 is 0 Å². The topological polar surface area (TPSA) is 108 Å². The second-order valence-electron chi connectivity index (χ2n) is 6.80. The Morgan fingerprint density at radius 3 is 2.93 bits per heavy atom. The number of nitrogens with two attached hydrogens (primary N) is 1. The van der Waals surface area contributed by atoms with Crippen LogP contribution in [-0.4, -0.2) is 31.5 Å². The van der Waals surface area contributed by atoms with Gasteiger partial charge < -0.3 is 20.4 Å². The first kappa shape index (κ1) is 17.3. The number of fused-ring (bicyclic) bond motifs is 1. The zero-order valence-corrected chi connectivity index (χ0v) is 15.1. The van der Waals surface area contributed by atoms with Crippen LogP contribution in [0.15, 0.2) is 36.9 Å². The minimum absolute atomic E-state index is 0.176. The molecule has 1 atom stereocenters. The van der Waals surface area contributed by atoms with Crippen LogP contribution in [0.5, 0.6) is 5.75 Å². The molecule has 1 saturated carbocycles. The number of carbonyl (C=O) groups is 1. The van der Waals surface area contributed by atoms with Gasteiger partial charge in [-0.2, -0.15) is 0 Å². The van der Waals surface area contributed by atoms with Crippen LogP contribution in [0.25, 0.3) is 11.2 Å². The van der Waals surface area contributed by atoms with Gasteiger partial charge in [-0.15, -0.1) is 0 Å². The van der Waals surface area contributed by atoms with Crippen molar-refractivity contribution in [3.8, 4) is 5.75 Å².